The highest BCUT2D eigenvalue weighted by atomic mass is 35.5. The van der Waals surface area contributed by atoms with Gasteiger partial charge in [-0.1, -0.05) is 23.7 Å². The molecule has 7 heteroatoms. The summed E-state index contributed by atoms with van der Waals surface area (Å²) >= 11 is 6.10. The number of aromatic nitrogens is 2. The molecule has 2 heterocycles. The molecule has 1 unspecified atom stereocenters. The summed E-state index contributed by atoms with van der Waals surface area (Å²) in [5.41, 5.74) is 2.94. The molecule has 1 amide bonds. The molecule has 1 aliphatic rings. The van der Waals surface area contributed by atoms with Gasteiger partial charge in [-0.15, -0.1) is 0 Å². The van der Waals surface area contributed by atoms with Gasteiger partial charge in [0.05, 0.1) is 11.4 Å². The largest absolute Gasteiger partial charge is 0.316 e. The molecule has 1 aliphatic heterocycles. The molecule has 3 N–H and O–H groups in total. The fraction of sp³-hybridized carbons (Fsp3) is 0.300. The Morgan fingerprint density at radius 1 is 1.30 bits per heavy atom. The van der Waals surface area contributed by atoms with Crippen LogP contribution in [0.15, 0.2) is 36.4 Å². The Kier molecular flexibility index (Phi) is 5.09. The summed E-state index contributed by atoms with van der Waals surface area (Å²) < 4.78 is 13.4. The van der Waals surface area contributed by atoms with E-state index in [0.717, 1.165) is 41.4 Å². The van der Waals surface area contributed by atoms with Crippen molar-refractivity contribution in [1.29, 1.82) is 0 Å². The minimum Gasteiger partial charge on any atom is -0.316 e. The maximum atomic E-state index is 13.4. The molecular weight excluding hydrogens is 367 g/mol. The van der Waals surface area contributed by atoms with E-state index in [1.807, 2.05) is 18.2 Å². The number of hydrogen-bond donors (Lipinski definition) is 3. The second-order valence-electron chi connectivity index (χ2n) is 6.80. The Hall–Kier alpha value is -2.44. The fourth-order valence-corrected chi connectivity index (χ4v) is 3.68. The topological polar surface area (TPSA) is 69.8 Å². The highest BCUT2D eigenvalue weighted by Gasteiger charge is 2.22. The van der Waals surface area contributed by atoms with E-state index >= 15 is 0 Å². The average molecular weight is 387 g/mol. The summed E-state index contributed by atoms with van der Waals surface area (Å²) in [4.78, 5) is 12.5. The number of hydrogen-bond acceptors (Lipinski definition) is 3. The van der Waals surface area contributed by atoms with Crippen LogP contribution in [0.5, 0.6) is 0 Å². The Bertz CT molecular complexity index is 981. The maximum Gasteiger partial charge on any atom is 0.229 e. The predicted octanol–water partition coefficient (Wildman–Crippen LogP) is 4.29. The second-order valence-corrected chi connectivity index (χ2v) is 7.24. The number of rotatable bonds is 4. The molecule has 0 radical (unpaired) electrons. The van der Waals surface area contributed by atoms with Gasteiger partial charge in [0.15, 0.2) is 5.82 Å². The van der Waals surface area contributed by atoms with Crippen LogP contribution >= 0.6 is 11.6 Å². The van der Waals surface area contributed by atoms with Crippen molar-refractivity contribution in [3.8, 4) is 11.1 Å². The van der Waals surface area contributed by atoms with Crippen molar-refractivity contribution in [3.63, 3.8) is 0 Å². The minimum atomic E-state index is -0.575. The highest BCUT2D eigenvalue weighted by molar-refractivity contribution is 6.30. The Morgan fingerprint density at radius 2 is 2.19 bits per heavy atom. The molecule has 0 spiro atoms. The molecule has 2 aromatic carbocycles. The SMILES string of the molecule is O=C(Nc1n[nH]c2ccc(-c3cc(Cl)ccc3CF)cc12)C1CCCNC1. The lowest BCUT2D eigenvalue weighted by Gasteiger charge is -2.21. The van der Waals surface area contributed by atoms with Crippen LogP contribution < -0.4 is 10.6 Å². The fourth-order valence-electron chi connectivity index (χ4n) is 3.51. The number of nitrogens with zero attached hydrogens (tertiary/aromatic N) is 1. The van der Waals surface area contributed by atoms with Gasteiger partial charge in [-0.05, 0) is 60.3 Å². The van der Waals surface area contributed by atoms with Crippen LogP contribution in [0.25, 0.3) is 22.0 Å². The summed E-state index contributed by atoms with van der Waals surface area (Å²) in [6.45, 7) is 1.06. The Morgan fingerprint density at radius 3 is 2.96 bits per heavy atom. The zero-order valence-corrected chi connectivity index (χ0v) is 15.4. The molecule has 140 valence electrons. The lowest BCUT2D eigenvalue weighted by Crippen LogP contribution is -2.37. The quantitative estimate of drug-likeness (QED) is 0.626. The Labute approximate surface area is 161 Å². The number of carbonyl (C=O) groups is 1. The third kappa shape index (κ3) is 3.68. The van der Waals surface area contributed by atoms with E-state index in [-0.39, 0.29) is 11.8 Å². The van der Waals surface area contributed by atoms with Crippen molar-refractivity contribution < 1.29 is 9.18 Å². The van der Waals surface area contributed by atoms with Crippen molar-refractivity contribution in [2.45, 2.75) is 19.5 Å². The molecule has 0 saturated carbocycles. The van der Waals surface area contributed by atoms with Gasteiger partial charge in [0.1, 0.15) is 6.67 Å². The zero-order valence-electron chi connectivity index (χ0n) is 14.7. The van der Waals surface area contributed by atoms with Gasteiger partial charge < -0.3 is 10.6 Å². The van der Waals surface area contributed by atoms with Crippen molar-refractivity contribution in [2.24, 2.45) is 5.92 Å². The molecule has 1 saturated heterocycles. The van der Waals surface area contributed by atoms with Crippen molar-refractivity contribution >= 4 is 34.2 Å². The molecule has 3 aromatic rings. The monoisotopic (exact) mass is 386 g/mol. The molecule has 5 nitrogen and oxygen atoms in total. The van der Waals surface area contributed by atoms with Gasteiger partial charge in [-0.3, -0.25) is 9.89 Å². The smallest absolute Gasteiger partial charge is 0.229 e. The summed E-state index contributed by atoms with van der Waals surface area (Å²) in [5.74, 6) is 0.402. The number of carbonyl (C=O) groups excluding carboxylic acids is 1. The molecule has 4 rings (SSSR count). The van der Waals surface area contributed by atoms with Crippen LogP contribution in [0.1, 0.15) is 18.4 Å². The van der Waals surface area contributed by atoms with Gasteiger partial charge in [0, 0.05) is 17.0 Å². The number of piperidine rings is 1. The van der Waals surface area contributed by atoms with Crippen molar-refractivity contribution in [3.05, 3.63) is 47.0 Å². The molecule has 0 aliphatic carbocycles. The number of benzene rings is 2. The van der Waals surface area contributed by atoms with E-state index in [1.54, 1.807) is 18.2 Å². The zero-order chi connectivity index (χ0) is 18.8. The number of aromatic amines is 1. The van der Waals surface area contributed by atoms with Crippen molar-refractivity contribution in [2.75, 3.05) is 18.4 Å². The molecular formula is C20H20ClFN4O. The van der Waals surface area contributed by atoms with Gasteiger partial charge in [0.25, 0.3) is 0 Å². The van der Waals surface area contributed by atoms with Gasteiger partial charge >= 0.3 is 0 Å². The first-order valence-electron chi connectivity index (χ1n) is 9.00. The molecule has 1 atom stereocenters. The maximum absolute atomic E-state index is 13.4. The number of fused-ring (bicyclic) bond motifs is 1. The molecule has 1 fully saturated rings. The standard InChI is InChI=1S/C20H20ClFN4O/c21-15-5-3-13(10-22)16(9-15)12-4-6-18-17(8-12)19(26-25-18)24-20(27)14-2-1-7-23-11-14/h3-6,8-9,14,23H,1-2,7,10-11H2,(H2,24,25,26,27). The van der Waals surface area contributed by atoms with Gasteiger partial charge in [0.2, 0.25) is 5.91 Å². The minimum absolute atomic E-state index is 0.0341. The average Bonchev–Trinajstić information content (AvgIpc) is 3.10. The van der Waals surface area contributed by atoms with Gasteiger partial charge in [-0.2, -0.15) is 5.10 Å². The predicted molar refractivity (Wildman–Crippen MR) is 106 cm³/mol. The highest BCUT2D eigenvalue weighted by Crippen LogP contribution is 2.32. The second kappa shape index (κ2) is 7.66. The normalized spacial score (nSPS) is 17.2. The first kappa shape index (κ1) is 17.9. The number of amides is 1. The van der Waals surface area contributed by atoms with E-state index in [2.05, 4.69) is 20.8 Å². The third-order valence-electron chi connectivity index (χ3n) is 5.00. The van der Waals surface area contributed by atoms with Crippen LogP contribution in [0.2, 0.25) is 5.02 Å². The number of H-pyrrole nitrogens is 1. The number of alkyl halides is 1. The molecule has 1 aromatic heterocycles. The number of anilines is 1. The van der Waals surface area contributed by atoms with Crippen LogP contribution in [0.4, 0.5) is 10.2 Å². The first-order chi connectivity index (χ1) is 13.2. The van der Waals surface area contributed by atoms with E-state index in [0.29, 0.717) is 22.9 Å². The van der Waals surface area contributed by atoms with Crippen LogP contribution in [-0.2, 0) is 11.5 Å². The van der Waals surface area contributed by atoms with Gasteiger partial charge in [-0.25, -0.2) is 4.39 Å². The lowest BCUT2D eigenvalue weighted by atomic mass is 9.98. The van der Waals surface area contributed by atoms with Crippen LogP contribution in [-0.4, -0.2) is 29.2 Å². The van der Waals surface area contributed by atoms with Crippen LogP contribution in [0.3, 0.4) is 0 Å². The van der Waals surface area contributed by atoms with Crippen LogP contribution in [0, 0.1) is 5.92 Å². The molecule has 27 heavy (non-hydrogen) atoms. The van der Waals surface area contributed by atoms with E-state index in [9.17, 15) is 9.18 Å². The summed E-state index contributed by atoms with van der Waals surface area (Å²) in [6, 6.07) is 10.8. The van der Waals surface area contributed by atoms with Crippen molar-refractivity contribution in [1.82, 2.24) is 15.5 Å². The number of nitrogens with one attached hydrogen (secondary N) is 3. The van der Waals surface area contributed by atoms with E-state index < -0.39 is 6.67 Å². The van der Waals surface area contributed by atoms with E-state index in [4.69, 9.17) is 11.6 Å². The Balaban J connectivity index is 1.67. The van der Waals surface area contributed by atoms with E-state index in [1.165, 1.54) is 0 Å². The summed E-state index contributed by atoms with van der Waals surface area (Å²) in [7, 11) is 0. The number of halogens is 2. The summed E-state index contributed by atoms with van der Waals surface area (Å²) in [6.07, 6.45) is 1.86. The first-order valence-corrected chi connectivity index (χ1v) is 9.38. The molecule has 0 bridgehead atoms. The third-order valence-corrected chi connectivity index (χ3v) is 5.23. The summed E-state index contributed by atoms with van der Waals surface area (Å²) in [5, 5.41) is 14.7. The lowest BCUT2D eigenvalue weighted by molar-refractivity contribution is -0.120.